The number of fused-ring (bicyclic) bond motifs is 1. The van der Waals surface area contributed by atoms with Gasteiger partial charge in [-0.15, -0.1) is 15.3 Å². The number of ether oxygens (including phenoxy) is 1. The molecule has 1 fully saturated rings. The molecule has 0 radical (unpaired) electrons. The lowest BCUT2D eigenvalue weighted by Gasteiger charge is -2.30. The molecule has 1 aromatic carbocycles. The molecule has 9 nitrogen and oxygen atoms in total. The molecule has 4 rings (SSSR count). The van der Waals surface area contributed by atoms with Crippen molar-refractivity contribution in [2.45, 2.75) is 39.5 Å². The number of aryl methyl sites for hydroxylation is 1. The highest BCUT2D eigenvalue weighted by Crippen LogP contribution is 2.22. The van der Waals surface area contributed by atoms with E-state index < -0.39 is 5.97 Å². The average Bonchev–Trinajstić information content (AvgIpc) is 3.21. The second-order valence-corrected chi connectivity index (χ2v) is 8.06. The summed E-state index contributed by atoms with van der Waals surface area (Å²) in [5, 5.41) is 15.9. The molecule has 32 heavy (non-hydrogen) atoms. The molecule has 1 saturated heterocycles. The third kappa shape index (κ3) is 4.87. The van der Waals surface area contributed by atoms with Crippen LogP contribution in [0.15, 0.2) is 36.4 Å². The molecular formula is C23H28N6O3. The summed E-state index contributed by atoms with van der Waals surface area (Å²) in [4.78, 5) is 27.0. The summed E-state index contributed by atoms with van der Waals surface area (Å²) in [5.41, 5.74) is 1.42. The van der Waals surface area contributed by atoms with Gasteiger partial charge in [0.05, 0.1) is 17.9 Å². The number of nitrogens with one attached hydrogen (secondary N) is 1. The first-order valence-electron chi connectivity index (χ1n) is 11.1. The van der Waals surface area contributed by atoms with Crippen LogP contribution in [-0.4, -0.2) is 51.4 Å². The number of rotatable bonds is 7. The zero-order chi connectivity index (χ0) is 22.5. The molecule has 0 spiro atoms. The van der Waals surface area contributed by atoms with E-state index >= 15 is 0 Å². The summed E-state index contributed by atoms with van der Waals surface area (Å²) < 4.78 is 6.78. The maximum atomic E-state index is 12.6. The molecule has 0 atom stereocenters. The summed E-state index contributed by atoms with van der Waals surface area (Å²) in [6.45, 7) is 6.26. The molecule has 0 saturated carbocycles. The molecule has 2 aromatic heterocycles. The average molecular weight is 437 g/mol. The molecule has 0 aliphatic carbocycles. The molecule has 1 aliphatic heterocycles. The minimum atomic E-state index is -0.462. The summed E-state index contributed by atoms with van der Waals surface area (Å²) in [6, 6.07) is 10.7. The van der Waals surface area contributed by atoms with E-state index in [1.54, 1.807) is 35.7 Å². The molecule has 0 unspecified atom stereocenters. The Hall–Kier alpha value is -3.49. The summed E-state index contributed by atoms with van der Waals surface area (Å²) >= 11 is 0. The number of carbonyl (C=O) groups is 2. The molecule has 3 aromatic rings. The SMILES string of the molecule is CCOC(=O)c1ccccc1NC(=O)CCc1nnc2ccc(N3CCC(C)CC3)nn12. The van der Waals surface area contributed by atoms with Crippen molar-refractivity contribution in [3.8, 4) is 0 Å². The number of carbonyl (C=O) groups excluding carboxylic acids is 2. The van der Waals surface area contributed by atoms with Crippen molar-refractivity contribution in [1.29, 1.82) is 0 Å². The van der Waals surface area contributed by atoms with Gasteiger partial charge in [-0.2, -0.15) is 4.52 Å². The van der Waals surface area contributed by atoms with Gasteiger partial charge in [0.1, 0.15) is 5.82 Å². The van der Waals surface area contributed by atoms with Gasteiger partial charge in [0.25, 0.3) is 0 Å². The Kier molecular flexibility index (Phi) is 6.63. The molecule has 1 amide bonds. The van der Waals surface area contributed by atoms with Crippen molar-refractivity contribution < 1.29 is 14.3 Å². The zero-order valence-electron chi connectivity index (χ0n) is 18.5. The van der Waals surface area contributed by atoms with Gasteiger partial charge < -0.3 is 15.0 Å². The Morgan fingerprint density at radius 2 is 1.91 bits per heavy atom. The smallest absolute Gasteiger partial charge is 0.340 e. The molecule has 9 heteroatoms. The normalized spacial score (nSPS) is 14.5. The van der Waals surface area contributed by atoms with Crippen LogP contribution >= 0.6 is 0 Å². The molecule has 1 N–H and O–H groups in total. The molecule has 1 aliphatic rings. The summed E-state index contributed by atoms with van der Waals surface area (Å²) in [5.74, 6) is 1.59. The minimum absolute atomic E-state index is 0.186. The van der Waals surface area contributed by atoms with Gasteiger partial charge in [0.15, 0.2) is 11.5 Å². The second-order valence-electron chi connectivity index (χ2n) is 8.06. The number of piperidine rings is 1. The number of benzene rings is 1. The van der Waals surface area contributed by atoms with Crippen LogP contribution < -0.4 is 10.2 Å². The van der Waals surface area contributed by atoms with Crippen LogP contribution in [0.4, 0.5) is 11.5 Å². The van der Waals surface area contributed by atoms with Crippen molar-refractivity contribution in [2.24, 2.45) is 5.92 Å². The first-order valence-corrected chi connectivity index (χ1v) is 11.1. The van der Waals surface area contributed by atoms with E-state index in [1.165, 1.54) is 0 Å². The van der Waals surface area contributed by atoms with Crippen LogP contribution in [0.3, 0.4) is 0 Å². The lowest BCUT2D eigenvalue weighted by atomic mass is 9.99. The highest BCUT2D eigenvalue weighted by Gasteiger charge is 2.19. The molecular weight excluding hydrogens is 408 g/mol. The fourth-order valence-electron chi connectivity index (χ4n) is 3.80. The predicted molar refractivity (Wildman–Crippen MR) is 121 cm³/mol. The van der Waals surface area contributed by atoms with Gasteiger partial charge in [-0.1, -0.05) is 19.1 Å². The van der Waals surface area contributed by atoms with Crippen molar-refractivity contribution in [1.82, 2.24) is 19.8 Å². The highest BCUT2D eigenvalue weighted by atomic mass is 16.5. The van der Waals surface area contributed by atoms with E-state index in [0.29, 0.717) is 29.1 Å². The molecule has 3 heterocycles. The first kappa shape index (κ1) is 21.7. The molecule has 0 bridgehead atoms. The number of amides is 1. The predicted octanol–water partition coefficient (Wildman–Crippen LogP) is 3.11. The van der Waals surface area contributed by atoms with Gasteiger partial charge in [0.2, 0.25) is 5.91 Å². The highest BCUT2D eigenvalue weighted by molar-refractivity contribution is 6.01. The number of para-hydroxylation sites is 1. The van der Waals surface area contributed by atoms with Crippen molar-refractivity contribution >= 4 is 29.0 Å². The van der Waals surface area contributed by atoms with E-state index in [4.69, 9.17) is 9.84 Å². The van der Waals surface area contributed by atoms with Crippen LogP contribution in [0.2, 0.25) is 0 Å². The maximum Gasteiger partial charge on any atom is 0.340 e. The number of nitrogens with zero attached hydrogens (tertiary/aromatic N) is 5. The number of aromatic nitrogens is 4. The topological polar surface area (TPSA) is 102 Å². The number of esters is 1. The van der Waals surface area contributed by atoms with E-state index in [1.807, 2.05) is 12.1 Å². The Morgan fingerprint density at radius 3 is 2.69 bits per heavy atom. The van der Waals surface area contributed by atoms with Crippen LogP contribution in [-0.2, 0) is 16.0 Å². The van der Waals surface area contributed by atoms with Crippen LogP contribution in [0, 0.1) is 5.92 Å². The van der Waals surface area contributed by atoms with Crippen LogP contribution in [0.1, 0.15) is 49.3 Å². The van der Waals surface area contributed by atoms with Gasteiger partial charge in [-0.25, -0.2) is 4.79 Å². The second kappa shape index (κ2) is 9.76. The summed E-state index contributed by atoms with van der Waals surface area (Å²) in [6.07, 6.45) is 2.87. The first-order chi connectivity index (χ1) is 15.5. The third-order valence-electron chi connectivity index (χ3n) is 5.69. The van der Waals surface area contributed by atoms with Gasteiger partial charge in [-0.3, -0.25) is 4.79 Å². The zero-order valence-corrected chi connectivity index (χ0v) is 18.5. The van der Waals surface area contributed by atoms with Crippen molar-refractivity contribution in [3.63, 3.8) is 0 Å². The van der Waals surface area contributed by atoms with Crippen LogP contribution in [0.25, 0.3) is 5.65 Å². The fraction of sp³-hybridized carbons (Fsp3) is 0.435. The maximum absolute atomic E-state index is 12.6. The minimum Gasteiger partial charge on any atom is -0.462 e. The van der Waals surface area contributed by atoms with E-state index in [-0.39, 0.29) is 18.9 Å². The van der Waals surface area contributed by atoms with Crippen molar-refractivity contribution in [3.05, 3.63) is 47.8 Å². The van der Waals surface area contributed by atoms with Crippen LogP contribution in [0.5, 0.6) is 0 Å². The Labute approximate surface area is 186 Å². The largest absolute Gasteiger partial charge is 0.462 e. The van der Waals surface area contributed by atoms with Gasteiger partial charge >= 0.3 is 5.97 Å². The van der Waals surface area contributed by atoms with E-state index in [2.05, 4.69) is 27.3 Å². The lowest BCUT2D eigenvalue weighted by molar-refractivity contribution is -0.116. The summed E-state index contributed by atoms with van der Waals surface area (Å²) in [7, 11) is 0. The van der Waals surface area contributed by atoms with Crippen molar-refractivity contribution in [2.75, 3.05) is 29.9 Å². The monoisotopic (exact) mass is 436 g/mol. The molecule has 168 valence electrons. The van der Waals surface area contributed by atoms with Gasteiger partial charge in [0, 0.05) is 25.9 Å². The Bertz CT molecular complexity index is 1100. The van der Waals surface area contributed by atoms with E-state index in [0.717, 1.165) is 37.7 Å². The lowest BCUT2D eigenvalue weighted by Crippen LogP contribution is -2.33. The van der Waals surface area contributed by atoms with Gasteiger partial charge in [-0.05, 0) is 49.9 Å². The fourth-order valence-corrected chi connectivity index (χ4v) is 3.80. The Balaban J connectivity index is 1.43. The number of hydrogen-bond acceptors (Lipinski definition) is 7. The van der Waals surface area contributed by atoms with E-state index in [9.17, 15) is 9.59 Å². The number of hydrogen-bond donors (Lipinski definition) is 1. The number of anilines is 2. The standard InChI is InChI=1S/C23H28N6O3/c1-3-32-23(31)17-6-4-5-7-18(17)24-22(30)11-10-20-26-25-19-8-9-21(27-29(19)20)28-14-12-16(2)13-15-28/h4-9,16H,3,10-15H2,1-2H3,(H,24,30). The Morgan fingerprint density at radius 1 is 1.12 bits per heavy atom. The quantitative estimate of drug-likeness (QED) is 0.568. The third-order valence-corrected chi connectivity index (χ3v) is 5.69.